The van der Waals surface area contributed by atoms with E-state index in [0.717, 1.165) is 10.4 Å². The number of benzene rings is 1. The summed E-state index contributed by atoms with van der Waals surface area (Å²) in [6, 6.07) is 5.83. The summed E-state index contributed by atoms with van der Waals surface area (Å²) in [6.07, 6.45) is 1.23. The zero-order chi connectivity index (χ0) is 18.0. The normalized spacial score (nSPS) is 11.3. The molecular weight excluding hydrogens is 343 g/mol. The van der Waals surface area contributed by atoms with Gasteiger partial charge in [0.1, 0.15) is 16.5 Å². The number of amides is 1. The minimum Gasteiger partial charge on any atom is -0.309 e. The van der Waals surface area contributed by atoms with Crippen LogP contribution in [-0.4, -0.2) is 22.1 Å². The zero-order valence-corrected chi connectivity index (χ0v) is 14.4. The maximum absolute atomic E-state index is 13.0. The summed E-state index contributed by atoms with van der Waals surface area (Å²) in [5, 5.41) is 4.34. The van der Waals surface area contributed by atoms with E-state index in [0.29, 0.717) is 15.8 Å². The fraction of sp³-hybridized carbons (Fsp3) is 0.176. The van der Waals surface area contributed by atoms with E-state index in [-0.39, 0.29) is 23.6 Å². The highest BCUT2D eigenvalue weighted by molar-refractivity contribution is 7.18. The van der Waals surface area contributed by atoms with E-state index in [1.165, 1.54) is 29.7 Å². The number of nitrogens with one attached hydrogen (secondary N) is 2. The minimum atomic E-state index is -0.430. The molecule has 0 aliphatic rings. The number of rotatable bonds is 4. The lowest BCUT2D eigenvalue weighted by Gasteiger charge is -2.01. The number of hydrazone groups is 1. The average molecular weight is 358 g/mol. The number of aromatic nitrogens is 2. The fourth-order valence-corrected chi connectivity index (χ4v) is 3.39. The summed E-state index contributed by atoms with van der Waals surface area (Å²) in [6.45, 7) is 3.80. The zero-order valence-electron chi connectivity index (χ0n) is 13.6. The van der Waals surface area contributed by atoms with Crippen molar-refractivity contribution in [2.45, 2.75) is 20.3 Å². The summed E-state index contributed by atoms with van der Waals surface area (Å²) < 4.78 is 13.0. The highest BCUT2D eigenvalue weighted by Crippen LogP contribution is 2.25. The van der Waals surface area contributed by atoms with Gasteiger partial charge >= 0.3 is 0 Å². The SMILES string of the molecule is Cc1sc2nc(CC(=O)N/N=C\c3cccc(F)c3)[nH]c(=O)c2c1C. The first-order valence-corrected chi connectivity index (χ1v) is 8.32. The summed E-state index contributed by atoms with van der Waals surface area (Å²) in [5.41, 5.74) is 3.51. The number of halogens is 1. The van der Waals surface area contributed by atoms with E-state index in [4.69, 9.17) is 0 Å². The molecule has 2 aromatic heterocycles. The second-order valence-corrected chi connectivity index (χ2v) is 6.70. The van der Waals surface area contributed by atoms with Crippen molar-refractivity contribution in [3.63, 3.8) is 0 Å². The van der Waals surface area contributed by atoms with Crippen LogP contribution in [0.4, 0.5) is 4.39 Å². The Morgan fingerprint density at radius 2 is 2.24 bits per heavy atom. The third-order valence-electron chi connectivity index (χ3n) is 3.67. The number of carbonyl (C=O) groups is 1. The lowest BCUT2D eigenvalue weighted by molar-refractivity contribution is -0.120. The van der Waals surface area contributed by atoms with Crippen LogP contribution in [0, 0.1) is 19.7 Å². The van der Waals surface area contributed by atoms with Crippen molar-refractivity contribution in [1.29, 1.82) is 0 Å². The second kappa shape index (κ2) is 6.94. The largest absolute Gasteiger partial charge is 0.309 e. The number of hydrogen-bond acceptors (Lipinski definition) is 5. The number of fused-ring (bicyclic) bond motifs is 1. The molecular formula is C17H15FN4O2S. The first-order valence-electron chi connectivity index (χ1n) is 7.50. The molecule has 0 spiro atoms. The van der Waals surface area contributed by atoms with Crippen molar-refractivity contribution in [3.05, 3.63) is 62.3 Å². The molecule has 0 unspecified atom stereocenters. The molecule has 0 bridgehead atoms. The van der Waals surface area contributed by atoms with Gasteiger partial charge in [-0.1, -0.05) is 12.1 Å². The molecule has 3 rings (SSSR count). The Labute approximate surface area is 146 Å². The maximum Gasteiger partial charge on any atom is 0.259 e. The summed E-state index contributed by atoms with van der Waals surface area (Å²) in [5.74, 6) is -0.538. The van der Waals surface area contributed by atoms with Crippen LogP contribution in [0.5, 0.6) is 0 Å². The van der Waals surface area contributed by atoms with Crippen LogP contribution in [0.15, 0.2) is 34.2 Å². The lowest BCUT2D eigenvalue weighted by Crippen LogP contribution is -2.23. The van der Waals surface area contributed by atoms with Crippen LogP contribution in [0.3, 0.4) is 0 Å². The summed E-state index contributed by atoms with van der Waals surface area (Å²) >= 11 is 1.42. The molecule has 0 aliphatic carbocycles. The fourth-order valence-electron chi connectivity index (χ4n) is 2.34. The van der Waals surface area contributed by atoms with Gasteiger partial charge in [-0.3, -0.25) is 9.59 Å². The van der Waals surface area contributed by atoms with Gasteiger partial charge in [-0.05, 0) is 37.1 Å². The number of aryl methyl sites for hydroxylation is 2. The first kappa shape index (κ1) is 17.0. The molecule has 128 valence electrons. The molecule has 1 amide bonds. The van der Waals surface area contributed by atoms with Gasteiger partial charge in [0.15, 0.2) is 0 Å². The number of carbonyl (C=O) groups excluding carboxylic acids is 1. The van der Waals surface area contributed by atoms with E-state index in [1.54, 1.807) is 12.1 Å². The Bertz CT molecular complexity index is 1040. The molecule has 8 heteroatoms. The van der Waals surface area contributed by atoms with Crippen LogP contribution in [0.25, 0.3) is 10.2 Å². The minimum absolute atomic E-state index is 0.109. The molecule has 3 aromatic rings. The highest BCUT2D eigenvalue weighted by Gasteiger charge is 2.13. The smallest absolute Gasteiger partial charge is 0.259 e. The number of nitrogens with zero attached hydrogens (tertiary/aromatic N) is 2. The average Bonchev–Trinajstić information content (AvgIpc) is 2.82. The van der Waals surface area contributed by atoms with Crippen molar-refractivity contribution in [3.8, 4) is 0 Å². The predicted molar refractivity (Wildman–Crippen MR) is 95.6 cm³/mol. The van der Waals surface area contributed by atoms with Gasteiger partial charge in [-0.2, -0.15) is 5.10 Å². The van der Waals surface area contributed by atoms with Gasteiger partial charge in [0.25, 0.3) is 5.56 Å². The molecule has 2 heterocycles. The third kappa shape index (κ3) is 3.80. The number of aromatic amines is 1. The first-order chi connectivity index (χ1) is 11.9. The Kier molecular flexibility index (Phi) is 4.71. The molecule has 2 N–H and O–H groups in total. The Balaban J connectivity index is 1.71. The van der Waals surface area contributed by atoms with Crippen molar-refractivity contribution in [2.24, 2.45) is 5.10 Å². The molecule has 0 fully saturated rings. The number of H-pyrrole nitrogens is 1. The van der Waals surface area contributed by atoms with E-state index in [9.17, 15) is 14.0 Å². The molecule has 0 atom stereocenters. The Morgan fingerprint density at radius 3 is 3.00 bits per heavy atom. The molecule has 0 saturated heterocycles. The topological polar surface area (TPSA) is 87.2 Å². The van der Waals surface area contributed by atoms with Gasteiger partial charge in [0, 0.05) is 4.88 Å². The van der Waals surface area contributed by atoms with Crippen molar-refractivity contribution in [2.75, 3.05) is 0 Å². The highest BCUT2D eigenvalue weighted by atomic mass is 32.1. The maximum atomic E-state index is 13.0. The van der Waals surface area contributed by atoms with Crippen molar-refractivity contribution in [1.82, 2.24) is 15.4 Å². The van der Waals surface area contributed by atoms with Crippen LogP contribution in [0.1, 0.15) is 21.8 Å². The summed E-state index contributed by atoms with van der Waals surface area (Å²) in [4.78, 5) is 32.7. The van der Waals surface area contributed by atoms with Crippen LogP contribution in [-0.2, 0) is 11.2 Å². The van der Waals surface area contributed by atoms with Crippen molar-refractivity contribution < 1.29 is 9.18 Å². The lowest BCUT2D eigenvalue weighted by atomic mass is 10.2. The van der Waals surface area contributed by atoms with Crippen LogP contribution < -0.4 is 11.0 Å². The second-order valence-electron chi connectivity index (χ2n) is 5.50. The van der Waals surface area contributed by atoms with Crippen molar-refractivity contribution >= 4 is 33.7 Å². The monoisotopic (exact) mass is 358 g/mol. The van der Waals surface area contributed by atoms with Gasteiger partial charge in [0.2, 0.25) is 5.91 Å². The Hall–Kier alpha value is -2.87. The quantitative estimate of drug-likeness (QED) is 0.555. The predicted octanol–water partition coefficient (Wildman–Crippen LogP) is 2.43. The molecule has 0 aliphatic heterocycles. The number of hydrogen-bond donors (Lipinski definition) is 2. The van der Waals surface area contributed by atoms with E-state index in [2.05, 4.69) is 20.5 Å². The molecule has 6 nitrogen and oxygen atoms in total. The molecule has 0 saturated carbocycles. The standard InChI is InChI=1S/C17H15FN4O2S/c1-9-10(2)25-17-15(9)16(24)20-13(21-17)7-14(23)22-19-8-11-4-3-5-12(18)6-11/h3-6,8H,7H2,1-2H3,(H,22,23)(H,20,21,24)/b19-8-. The number of thiophene rings is 1. The van der Waals surface area contributed by atoms with E-state index in [1.807, 2.05) is 13.8 Å². The van der Waals surface area contributed by atoms with Gasteiger partial charge in [0.05, 0.1) is 18.0 Å². The molecule has 1 aromatic carbocycles. The van der Waals surface area contributed by atoms with Gasteiger partial charge < -0.3 is 4.98 Å². The van der Waals surface area contributed by atoms with Crippen LogP contribution >= 0.6 is 11.3 Å². The van der Waals surface area contributed by atoms with E-state index < -0.39 is 5.91 Å². The van der Waals surface area contributed by atoms with Gasteiger partial charge in [-0.25, -0.2) is 14.8 Å². The molecule has 0 radical (unpaired) electrons. The Morgan fingerprint density at radius 1 is 1.44 bits per heavy atom. The third-order valence-corrected chi connectivity index (χ3v) is 4.77. The van der Waals surface area contributed by atoms with Crippen LogP contribution in [0.2, 0.25) is 0 Å². The molecule has 25 heavy (non-hydrogen) atoms. The summed E-state index contributed by atoms with van der Waals surface area (Å²) in [7, 11) is 0. The van der Waals surface area contributed by atoms with E-state index >= 15 is 0 Å². The van der Waals surface area contributed by atoms with Gasteiger partial charge in [-0.15, -0.1) is 11.3 Å².